The summed E-state index contributed by atoms with van der Waals surface area (Å²) in [6.45, 7) is 7.57. The average Bonchev–Trinajstić information content (AvgIpc) is 2.70. The zero-order valence-corrected chi connectivity index (χ0v) is 12.4. The second kappa shape index (κ2) is 6.51. The zero-order chi connectivity index (χ0) is 14.6. The van der Waals surface area contributed by atoms with Crippen LogP contribution in [0.1, 0.15) is 54.3 Å². The summed E-state index contributed by atoms with van der Waals surface area (Å²) in [5.74, 6) is -0.640. The molecule has 0 saturated heterocycles. The average molecular weight is 284 g/mol. The van der Waals surface area contributed by atoms with Gasteiger partial charge in [0, 0.05) is 12.1 Å². The van der Waals surface area contributed by atoms with Gasteiger partial charge < -0.3 is 16.4 Å². The summed E-state index contributed by atoms with van der Waals surface area (Å²) < 4.78 is 3.97. The van der Waals surface area contributed by atoms with Crippen LogP contribution in [0, 0.1) is 0 Å². The Kier molecular flexibility index (Phi) is 5.29. The Morgan fingerprint density at radius 1 is 1.26 bits per heavy atom. The SMILES string of the molecule is CCC(C)NC(=O)c1snc(C(=O)NC(C)C)c1N. The Labute approximate surface area is 116 Å². The lowest BCUT2D eigenvalue weighted by molar-refractivity contribution is 0.0938. The van der Waals surface area contributed by atoms with Gasteiger partial charge in [-0.2, -0.15) is 4.37 Å². The molecular formula is C12H20N4O2S. The number of hydrogen-bond donors (Lipinski definition) is 3. The van der Waals surface area contributed by atoms with Gasteiger partial charge in [0.15, 0.2) is 5.69 Å². The highest BCUT2D eigenvalue weighted by Crippen LogP contribution is 2.21. The molecule has 1 heterocycles. The monoisotopic (exact) mass is 284 g/mol. The summed E-state index contributed by atoms with van der Waals surface area (Å²) in [5.41, 5.74) is 6.09. The van der Waals surface area contributed by atoms with Crippen molar-refractivity contribution in [2.24, 2.45) is 0 Å². The van der Waals surface area contributed by atoms with E-state index < -0.39 is 0 Å². The fraction of sp³-hybridized carbons (Fsp3) is 0.583. The van der Waals surface area contributed by atoms with Crippen LogP contribution in [0.3, 0.4) is 0 Å². The minimum absolute atomic E-state index is 0.00834. The predicted molar refractivity (Wildman–Crippen MR) is 76.3 cm³/mol. The summed E-state index contributed by atoms with van der Waals surface area (Å²) in [5, 5.41) is 5.50. The third kappa shape index (κ3) is 3.92. The number of nitrogens with one attached hydrogen (secondary N) is 2. The van der Waals surface area contributed by atoms with Crippen molar-refractivity contribution in [1.29, 1.82) is 0 Å². The summed E-state index contributed by atoms with van der Waals surface area (Å²) in [7, 11) is 0. The number of nitrogen functional groups attached to an aromatic ring is 1. The maximum atomic E-state index is 11.9. The second-order valence-corrected chi connectivity index (χ2v) is 5.46. The quantitative estimate of drug-likeness (QED) is 0.761. The molecule has 0 aliphatic heterocycles. The van der Waals surface area contributed by atoms with Crippen LogP contribution in [0.5, 0.6) is 0 Å². The fourth-order valence-corrected chi connectivity index (χ4v) is 2.05. The van der Waals surface area contributed by atoms with Crippen molar-refractivity contribution >= 4 is 29.0 Å². The number of anilines is 1. The molecule has 2 amide bonds. The van der Waals surface area contributed by atoms with Gasteiger partial charge in [-0.1, -0.05) is 6.92 Å². The first-order valence-electron chi connectivity index (χ1n) is 6.23. The highest BCUT2D eigenvalue weighted by Gasteiger charge is 2.22. The van der Waals surface area contributed by atoms with E-state index in [0.29, 0.717) is 0 Å². The molecule has 1 aromatic heterocycles. The van der Waals surface area contributed by atoms with Gasteiger partial charge in [-0.15, -0.1) is 0 Å². The van der Waals surface area contributed by atoms with Crippen molar-refractivity contribution in [2.45, 2.75) is 46.2 Å². The van der Waals surface area contributed by atoms with Gasteiger partial charge in [-0.05, 0) is 38.7 Å². The van der Waals surface area contributed by atoms with Gasteiger partial charge in [0.05, 0.1) is 5.69 Å². The van der Waals surface area contributed by atoms with Gasteiger partial charge in [0.2, 0.25) is 0 Å². The molecule has 0 saturated carbocycles. The third-order valence-electron chi connectivity index (χ3n) is 2.56. The highest BCUT2D eigenvalue weighted by molar-refractivity contribution is 7.09. The lowest BCUT2D eigenvalue weighted by atomic mass is 10.2. The Hall–Kier alpha value is -1.63. The lowest BCUT2D eigenvalue weighted by Crippen LogP contribution is -2.32. The molecular weight excluding hydrogens is 264 g/mol. The molecule has 1 atom stereocenters. The molecule has 0 aliphatic rings. The van der Waals surface area contributed by atoms with Gasteiger partial charge in [-0.25, -0.2) is 0 Å². The van der Waals surface area contributed by atoms with Gasteiger partial charge >= 0.3 is 0 Å². The van der Waals surface area contributed by atoms with E-state index in [1.807, 2.05) is 27.7 Å². The molecule has 0 aromatic carbocycles. The molecule has 0 radical (unpaired) electrons. The summed E-state index contributed by atoms with van der Waals surface area (Å²) in [6.07, 6.45) is 0.825. The first kappa shape index (κ1) is 15.4. The van der Waals surface area contributed by atoms with E-state index in [2.05, 4.69) is 15.0 Å². The molecule has 4 N–H and O–H groups in total. The Morgan fingerprint density at radius 2 is 1.89 bits per heavy atom. The lowest BCUT2D eigenvalue weighted by Gasteiger charge is -2.10. The number of carbonyl (C=O) groups is 2. The van der Waals surface area contributed by atoms with Crippen LogP contribution in [0.4, 0.5) is 5.69 Å². The molecule has 1 unspecified atom stereocenters. The van der Waals surface area contributed by atoms with Crippen LogP contribution in [0.25, 0.3) is 0 Å². The van der Waals surface area contributed by atoms with E-state index in [0.717, 1.165) is 18.0 Å². The van der Waals surface area contributed by atoms with Crippen LogP contribution in [0.15, 0.2) is 0 Å². The molecule has 1 rings (SSSR count). The Balaban J connectivity index is 2.86. The molecule has 0 spiro atoms. The number of hydrogen-bond acceptors (Lipinski definition) is 5. The molecule has 0 fully saturated rings. The van der Waals surface area contributed by atoms with Crippen LogP contribution >= 0.6 is 11.5 Å². The zero-order valence-electron chi connectivity index (χ0n) is 11.6. The van der Waals surface area contributed by atoms with Crippen molar-refractivity contribution in [3.8, 4) is 0 Å². The van der Waals surface area contributed by atoms with Crippen molar-refractivity contribution in [3.63, 3.8) is 0 Å². The molecule has 7 heteroatoms. The Bertz CT molecular complexity index is 470. The molecule has 6 nitrogen and oxygen atoms in total. The van der Waals surface area contributed by atoms with Crippen LogP contribution in [-0.4, -0.2) is 28.3 Å². The largest absolute Gasteiger partial charge is 0.395 e. The predicted octanol–water partition coefficient (Wildman–Crippen LogP) is 1.39. The molecule has 0 aliphatic carbocycles. The molecule has 19 heavy (non-hydrogen) atoms. The van der Waals surface area contributed by atoms with E-state index in [9.17, 15) is 9.59 Å². The molecule has 1 aromatic rings. The van der Waals surface area contributed by atoms with E-state index in [4.69, 9.17) is 5.73 Å². The van der Waals surface area contributed by atoms with Crippen LogP contribution in [0.2, 0.25) is 0 Å². The number of aromatic nitrogens is 1. The Morgan fingerprint density at radius 3 is 2.42 bits per heavy atom. The van der Waals surface area contributed by atoms with E-state index in [1.165, 1.54) is 0 Å². The minimum Gasteiger partial charge on any atom is -0.395 e. The van der Waals surface area contributed by atoms with Crippen molar-refractivity contribution < 1.29 is 9.59 Å². The topological polar surface area (TPSA) is 97.1 Å². The molecule has 106 valence electrons. The molecule has 0 bridgehead atoms. The first-order valence-corrected chi connectivity index (χ1v) is 7.01. The number of nitrogens with two attached hydrogens (primary N) is 1. The van der Waals surface area contributed by atoms with Crippen molar-refractivity contribution in [1.82, 2.24) is 15.0 Å². The maximum Gasteiger partial charge on any atom is 0.273 e. The van der Waals surface area contributed by atoms with Gasteiger partial charge in [-0.3, -0.25) is 9.59 Å². The number of carbonyl (C=O) groups excluding carboxylic acids is 2. The van der Waals surface area contributed by atoms with Crippen LogP contribution in [-0.2, 0) is 0 Å². The smallest absolute Gasteiger partial charge is 0.273 e. The van der Waals surface area contributed by atoms with Crippen LogP contribution < -0.4 is 16.4 Å². The fourth-order valence-electron chi connectivity index (χ4n) is 1.35. The van der Waals surface area contributed by atoms with E-state index in [1.54, 1.807) is 0 Å². The summed E-state index contributed by atoms with van der Waals surface area (Å²) >= 11 is 0.944. The first-order chi connectivity index (χ1) is 8.86. The third-order valence-corrected chi connectivity index (χ3v) is 3.42. The summed E-state index contributed by atoms with van der Waals surface area (Å²) in [6, 6.07) is 0.0490. The van der Waals surface area contributed by atoms with Crippen molar-refractivity contribution in [2.75, 3.05) is 5.73 Å². The number of rotatable bonds is 5. The van der Waals surface area contributed by atoms with Gasteiger partial charge in [0.25, 0.3) is 11.8 Å². The normalized spacial score (nSPS) is 12.3. The maximum absolute atomic E-state index is 11.9. The minimum atomic E-state index is -0.355. The number of nitrogens with zero attached hydrogens (tertiary/aromatic N) is 1. The van der Waals surface area contributed by atoms with E-state index in [-0.39, 0.29) is 40.2 Å². The van der Waals surface area contributed by atoms with Gasteiger partial charge in [0.1, 0.15) is 4.88 Å². The van der Waals surface area contributed by atoms with Crippen molar-refractivity contribution in [3.05, 3.63) is 10.6 Å². The highest BCUT2D eigenvalue weighted by atomic mass is 32.1. The summed E-state index contributed by atoms with van der Waals surface area (Å²) in [4.78, 5) is 24.0. The standard InChI is InChI=1S/C12H20N4O2S/c1-5-7(4)15-12(18)10-8(13)9(16-19-10)11(17)14-6(2)3/h6-7H,5,13H2,1-4H3,(H,14,17)(H,15,18). The second-order valence-electron chi connectivity index (χ2n) is 4.68. The number of amides is 2. The van der Waals surface area contributed by atoms with E-state index >= 15 is 0 Å².